The molecule has 0 spiro atoms. The average molecular weight is 607 g/mol. The Labute approximate surface area is 255 Å². The van der Waals surface area contributed by atoms with E-state index in [0.717, 1.165) is 5.56 Å². The second kappa shape index (κ2) is 18.7. The Morgan fingerprint density at radius 3 is 2.00 bits per heavy atom. The molecule has 0 radical (unpaired) electrons. The third-order valence-corrected chi connectivity index (χ3v) is 6.17. The maximum Gasteiger partial charge on any atom is 0.408 e. The summed E-state index contributed by atoms with van der Waals surface area (Å²) in [4.78, 5) is 63.4. The van der Waals surface area contributed by atoms with E-state index in [4.69, 9.17) is 14.2 Å². The van der Waals surface area contributed by atoms with Crippen molar-refractivity contribution in [2.24, 2.45) is 11.8 Å². The van der Waals surface area contributed by atoms with Gasteiger partial charge in [0, 0.05) is 6.54 Å². The van der Waals surface area contributed by atoms with Gasteiger partial charge in [0.2, 0.25) is 11.8 Å². The van der Waals surface area contributed by atoms with E-state index in [2.05, 4.69) is 21.3 Å². The lowest BCUT2D eigenvalue weighted by Gasteiger charge is -2.28. The highest BCUT2D eigenvalue weighted by Crippen LogP contribution is 2.12. The molecule has 0 saturated carbocycles. The highest BCUT2D eigenvalue weighted by Gasteiger charge is 2.32. The molecule has 4 N–H and O–H groups in total. The van der Waals surface area contributed by atoms with Crippen molar-refractivity contribution in [3.05, 3.63) is 35.9 Å². The number of hydrogen-bond acceptors (Lipinski definition) is 8. The molecule has 4 amide bonds. The first-order valence-electron chi connectivity index (χ1n) is 14.8. The Morgan fingerprint density at radius 1 is 0.814 bits per heavy atom. The summed E-state index contributed by atoms with van der Waals surface area (Å²) < 4.78 is 15.4. The summed E-state index contributed by atoms with van der Waals surface area (Å²) in [7, 11) is 1.24. The molecule has 0 aliphatic heterocycles. The lowest BCUT2D eigenvalue weighted by atomic mass is 10.0. The van der Waals surface area contributed by atoms with Gasteiger partial charge in [-0.25, -0.2) is 14.4 Å². The number of methoxy groups -OCH3 is 1. The number of ether oxygens (including phenoxy) is 3. The van der Waals surface area contributed by atoms with Crippen molar-refractivity contribution < 1.29 is 38.2 Å². The second-order valence-electron chi connectivity index (χ2n) is 12.1. The number of rotatable bonds is 16. The van der Waals surface area contributed by atoms with E-state index in [0.29, 0.717) is 25.8 Å². The van der Waals surface area contributed by atoms with Gasteiger partial charge in [-0.15, -0.1) is 0 Å². The summed E-state index contributed by atoms with van der Waals surface area (Å²) in [5.41, 5.74) is 0.108. The van der Waals surface area contributed by atoms with Crippen molar-refractivity contribution in [2.75, 3.05) is 13.7 Å². The molecular formula is C31H50N4O8. The van der Waals surface area contributed by atoms with Gasteiger partial charge in [-0.2, -0.15) is 0 Å². The smallest absolute Gasteiger partial charge is 0.408 e. The van der Waals surface area contributed by atoms with E-state index in [1.165, 1.54) is 7.11 Å². The van der Waals surface area contributed by atoms with Crippen LogP contribution in [0.1, 0.15) is 79.7 Å². The maximum atomic E-state index is 13.3. The molecule has 3 atom stereocenters. The van der Waals surface area contributed by atoms with Crippen LogP contribution in [-0.2, 0) is 35.2 Å². The summed E-state index contributed by atoms with van der Waals surface area (Å²) in [6.45, 7) is 12.9. The maximum absolute atomic E-state index is 13.3. The van der Waals surface area contributed by atoms with E-state index in [9.17, 15) is 24.0 Å². The van der Waals surface area contributed by atoms with Crippen LogP contribution < -0.4 is 21.3 Å². The normalized spacial score (nSPS) is 13.3. The molecule has 1 aromatic carbocycles. The molecule has 12 nitrogen and oxygen atoms in total. The quantitative estimate of drug-likeness (QED) is 0.125. The van der Waals surface area contributed by atoms with Crippen LogP contribution in [0.4, 0.5) is 9.59 Å². The van der Waals surface area contributed by atoms with Gasteiger partial charge < -0.3 is 35.5 Å². The summed E-state index contributed by atoms with van der Waals surface area (Å²) in [5.74, 6) is -1.93. The fraction of sp³-hybridized carbons (Fsp3) is 0.645. The van der Waals surface area contributed by atoms with Crippen molar-refractivity contribution in [3.8, 4) is 0 Å². The molecule has 1 rings (SSSR count). The number of hydrogen-bond donors (Lipinski definition) is 4. The fourth-order valence-electron chi connectivity index (χ4n) is 4.04. The van der Waals surface area contributed by atoms with Gasteiger partial charge in [-0.1, -0.05) is 58.0 Å². The number of carbonyl (C=O) groups is 5. The topological polar surface area (TPSA) is 161 Å². The Hall–Kier alpha value is -3.83. The number of amides is 4. The molecule has 0 saturated heterocycles. The van der Waals surface area contributed by atoms with Gasteiger partial charge in [0.1, 0.15) is 30.3 Å². The molecule has 1 aromatic rings. The molecule has 12 heteroatoms. The van der Waals surface area contributed by atoms with Gasteiger partial charge in [0.15, 0.2) is 0 Å². The van der Waals surface area contributed by atoms with E-state index >= 15 is 0 Å². The van der Waals surface area contributed by atoms with Gasteiger partial charge in [-0.05, 0) is 63.9 Å². The third kappa shape index (κ3) is 15.8. The summed E-state index contributed by atoms with van der Waals surface area (Å²) in [5, 5.41) is 10.7. The van der Waals surface area contributed by atoms with E-state index < -0.39 is 53.7 Å². The van der Waals surface area contributed by atoms with Crippen LogP contribution in [0.25, 0.3) is 0 Å². The van der Waals surface area contributed by atoms with E-state index in [1.807, 2.05) is 44.2 Å². The zero-order valence-corrected chi connectivity index (χ0v) is 26.8. The minimum absolute atomic E-state index is 0.0912. The molecule has 0 unspecified atom stereocenters. The van der Waals surface area contributed by atoms with Gasteiger partial charge in [0.25, 0.3) is 0 Å². The van der Waals surface area contributed by atoms with Crippen LogP contribution in [0, 0.1) is 11.8 Å². The van der Waals surface area contributed by atoms with E-state index in [-0.39, 0.29) is 24.9 Å². The number of benzene rings is 1. The van der Waals surface area contributed by atoms with Crippen molar-refractivity contribution >= 4 is 30.0 Å². The Morgan fingerprint density at radius 2 is 1.44 bits per heavy atom. The second-order valence-corrected chi connectivity index (χ2v) is 12.1. The molecule has 0 aromatic heterocycles. The van der Waals surface area contributed by atoms with E-state index in [1.54, 1.807) is 34.6 Å². The zero-order valence-electron chi connectivity index (χ0n) is 26.8. The van der Waals surface area contributed by atoms with Crippen LogP contribution >= 0.6 is 0 Å². The summed E-state index contributed by atoms with van der Waals surface area (Å²) in [6.07, 6.45) is 0.199. The standard InChI is InChI=1S/C31H50N4O8/c1-20(2)18-24(28(38)41-8)34-26(36)23(33-27(37)25(21(3)4)35-30(40)43-31(5,6)7)16-12-13-17-32-29(39)42-19-22-14-10-9-11-15-22/h9-11,14-15,20-21,23-25H,12-13,16-19H2,1-8H3,(H,32,39)(H,33,37)(H,34,36)(H,35,40)/t23-,24-,25-/m0/s1. The average Bonchev–Trinajstić information content (AvgIpc) is 2.92. The minimum Gasteiger partial charge on any atom is -0.467 e. The molecule has 242 valence electrons. The molecule has 0 aliphatic rings. The van der Waals surface area contributed by atoms with Crippen LogP contribution in [0.2, 0.25) is 0 Å². The first-order chi connectivity index (χ1) is 20.1. The summed E-state index contributed by atoms with van der Waals surface area (Å²) in [6, 6.07) is 6.41. The zero-order chi connectivity index (χ0) is 32.6. The van der Waals surface area contributed by atoms with Crippen LogP contribution in [0.3, 0.4) is 0 Å². The Balaban J connectivity index is 2.87. The van der Waals surface area contributed by atoms with Crippen molar-refractivity contribution in [1.29, 1.82) is 0 Å². The minimum atomic E-state index is -1.02. The Kier molecular flexibility index (Phi) is 16.1. The van der Waals surface area contributed by atoms with Gasteiger partial charge in [0.05, 0.1) is 7.11 Å². The SMILES string of the molecule is COC(=O)[C@H](CC(C)C)NC(=O)[C@H](CCCCNC(=O)OCc1ccccc1)NC(=O)[C@@H](NC(=O)OC(C)(C)C)C(C)C. The first kappa shape index (κ1) is 37.2. The van der Waals surface area contributed by atoms with Gasteiger partial charge >= 0.3 is 18.2 Å². The number of carbonyl (C=O) groups excluding carboxylic acids is 5. The van der Waals surface area contributed by atoms with Gasteiger partial charge in [-0.3, -0.25) is 9.59 Å². The fourth-order valence-corrected chi connectivity index (χ4v) is 4.04. The van der Waals surface area contributed by atoms with Crippen molar-refractivity contribution in [3.63, 3.8) is 0 Å². The third-order valence-electron chi connectivity index (χ3n) is 6.17. The highest BCUT2D eigenvalue weighted by molar-refractivity contribution is 5.93. The van der Waals surface area contributed by atoms with Crippen LogP contribution in [0.15, 0.2) is 30.3 Å². The molecule has 43 heavy (non-hydrogen) atoms. The largest absolute Gasteiger partial charge is 0.467 e. The first-order valence-corrected chi connectivity index (χ1v) is 14.8. The lowest BCUT2D eigenvalue weighted by molar-refractivity contribution is -0.146. The Bertz CT molecular complexity index is 1040. The van der Waals surface area contributed by atoms with Crippen molar-refractivity contribution in [1.82, 2.24) is 21.3 Å². The van der Waals surface area contributed by atoms with Crippen molar-refractivity contribution in [2.45, 2.75) is 104 Å². The molecule has 0 fully saturated rings. The monoisotopic (exact) mass is 606 g/mol. The van der Waals surface area contributed by atoms with Crippen LogP contribution in [-0.4, -0.2) is 67.4 Å². The molecule has 0 bridgehead atoms. The number of unbranched alkanes of at least 4 members (excludes halogenated alkanes) is 1. The lowest BCUT2D eigenvalue weighted by Crippen LogP contribution is -2.57. The van der Waals surface area contributed by atoms with Crippen LogP contribution in [0.5, 0.6) is 0 Å². The predicted octanol–water partition coefficient (Wildman–Crippen LogP) is 3.82. The predicted molar refractivity (Wildman–Crippen MR) is 162 cm³/mol. The highest BCUT2D eigenvalue weighted by atomic mass is 16.6. The summed E-state index contributed by atoms with van der Waals surface area (Å²) >= 11 is 0. The molecule has 0 aliphatic carbocycles. The number of alkyl carbamates (subject to hydrolysis) is 2. The molecule has 0 heterocycles. The molecular weight excluding hydrogens is 556 g/mol. The number of esters is 1. The number of nitrogens with one attached hydrogen (secondary N) is 4.